The Kier molecular flexibility index (Phi) is 6.53. The molecule has 1 unspecified atom stereocenters. The maximum atomic E-state index is 12.5. The van der Waals surface area contributed by atoms with Gasteiger partial charge in [0, 0.05) is 29.9 Å². The van der Waals surface area contributed by atoms with Crippen LogP contribution in [0.3, 0.4) is 0 Å². The summed E-state index contributed by atoms with van der Waals surface area (Å²) in [5, 5.41) is 23.8. The number of carbonyl (C=O) groups excluding carboxylic acids is 2. The van der Waals surface area contributed by atoms with Crippen molar-refractivity contribution in [3.63, 3.8) is 0 Å². The van der Waals surface area contributed by atoms with Crippen molar-refractivity contribution >= 4 is 29.0 Å². The molecule has 3 aromatic rings. The number of hydrogen-bond acceptors (Lipinski definition) is 7. The molecule has 3 rings (SSSR count). The number of aromatic amines is 1. The van der Waals surface area contributed by atoms with Crippen LogP contribution in [-0.4, -0.2) is 38.3 Å². The van der Waals surface area contributed by atoms with Gasteiger partial charge in [-0.25, -0.2) is 0 Å². The van der Waals surface area contributed by atoms with Gasteiger partial charge in [0.1, 0.15) is 11.9 Å². The maximum Gasteiger partial charge on any atom is 0.248 e. The molecule has 0 aliphatic heterocycles. The Morgan fingerprint density at radius 3 is 2.82 bits per heavy atom. The van der Waals surface area contributed by atoms with Crippen molar-refractivity contribution < 1.29 is 14.0 Å². The van der Waals surface area contributed by atoms with E-state index in [9.17, 15) is 9.59 Å². The zero-order chi connectivity index (χ0) is 19.9. The highest BCUT2D eigenvalue weighted by molar-refractivity contribution is 7.08. The van der Waals surface area contributed by atoms with Gasteiger partial charge in [0.25, 0.3) is 0 Å². The molecule has 1 atom stereocenters. The molecule has 3 heterocycles. The van der Waals surface area contributed by atoms with E-state index in [0.717, 1.165) is 5.56 Å². The molecule has 0 aromatic carbocycles. The minimum Gasteiger partial charge on any atom is -0.421 e. The highest BCUT2D eigenvalue weighted by atomic mass is 32.1. The van der Waals surface area contributed by atoms with Crippen LogP contribution in [0.25, 0.3) is 11.5 Å². The molecular weight excluding hydrogens is 380 g/mol. The number of amides is 2. The molecule has 0 aliphatic rings. The third kappa shape index (κ3) is 5.49. The lowest BCUT2D eigenvalue weighted by molar-refractivity contribution is -0.126. The van der Waals surface area contributed by atoms with Crippen LogP contribution in [0.15, 0.2) is 33.5 Å². The third-order valence-electron chi connectivity index (χ3n) is 3.92. The molecule has 9 nitrogen and oxygen atoms in total. The second-order valence-electron chi connectivity index (χ2n) is 6.72. The lowest BCUT2D eigenvalue weighted by Gasteiger charge is -2.19. The van der Waals surface area contributed by atoms with E-state index < -0.39 is 6.04 Å². The van der Waals surface area contributed by atoms with Gasteiger partial charge in [-0.2, -0.15) is 16.4 Å². The molecule has 0 radical (unpaired) electrons. The molecule has 0 bridgehead atoms. The molecule has 0 fully saturated rings. The number of aromatic nitrogens is 4. The quantitative estimate of drug-likeness (QED) is 0.505. The molecule has 2 amide bonds. The average Bonchev–Trinajstić information content (AvgIpc) is 3.40. The fraction of sp³-hybridized carbons (Fsp3) is 0.389. The van der Waals surface area contributed by atoms with Gasteiger partial charge in [-0.05, 0) is 23.8 Å². The first-order chi connectivity index (χ1) is 13.5. The Morgan fingerprint density at radius 1 is 1.29 bits per heavy atom. The standard InChI is InChI=1S/C18H22N6O3S/c1-11(2)9-13(17(26)21-14-5-7-19-22-14)20-15(25)3-4-16-23-24-18(27-16)12-6-8-28-10-12/h5-8,10-11,13H,3-4,9H2,1-2H3,(H,20,25)(H2,19,21,22,26). The zero-order valence-corrected chi connectivity index (χ0v) is 16.5. The van der Waals surface area contributed by atoms with Crippen LogP contribution in [-0.2, 0) is 16.0 Å². The average molecular weight is 402 g/mol. The summed E-state index contributed by atoms with van der Waals surface area (Å²) in [7, 11) is 0. The molecule has 3 aromatic heterocycles. The summed E-state index contributed by atoms with van der Waals surface area (Å²) in [5.74, 6) is 1.01. The molecule has 0 spiro atoms. The third-order valence-corrected chi connectivity index (χ3v) is 4.60. The van der Waals surface area contributed by atoms with Gasteiger partial charge in [0.05, 0.1) is 6.20 Å². The second kappa shape index (κ2) is 9.27. The minimum absolute atomic E-state index is 0.150. The summed E-state index contributed by atoms with van der Waals surface area (Å²) in [6.07, 6.45) is 2.52. The van der Waals surface area contributed by atoms with E-state index in [1.54, 1.807) is 23.6 Å². The number of anilines is 1. The van der Waals surface area contributed by atoms with E-state index in [4.69, 9.17) is 4.42 Å². The van der Waals surface area contributed by atoms with Gasteiger partial charge < -0.3 is 15.1 Å². The Balaban J connectivity index is 1.53. The molecule has 28 heavy (non-hydrogen) atoms. The summed E-state index contributed by atoms with van der Waals surface area (Å²) in [5.41, 5.74) is 0.862. The van der Waals surface area contributed by atoms with Gasteiger partial charge in [0.2, 0.25) is 23.6 Å². The van der Waals surface area contributed by atoms with Crippen molar-refractivity contribution in [1.29, 1.82) is 0 Å². The first kappa shape index (κ1) is 19.7. The Bertz CT molecular complexity index is 888. The van der Waals surface area contributed by atoms with Crippen LogP contribution in [0.4, 0.5) is 5.82 Å². The number of H-pyrrole nitrogens is 1. The van der Waals surface area contributed by atoms with Crippen LogP contribution in [0.5, 0.6) is 0 Å². The number of thiophene rings is 1. The summed E-state index contributed by atoms with van der Waals surface area (Å²) >= 11 is 1.54. The molecule has 148 valence electrons. The zero-order valence-electron chi connectivity index (χ0n) is 15.6. The topological polar surface area (TPSA) is 126 Å². The molecular formula is C18H22N6O3S. The van der Waals surface area contributed by atoms with Crippen molar-refractivity contribution in [2.45, 2.75) is 39.2 Å². The van der Waals surface area contributed by atoms with Crippen LogP contribution < -0.4 is 10.6 Å². The highest BCUT2D eigenvalue weighted by Gasteiger charge is 2.22. The van der Waals surface area contributed by atoms with Crippen LogP contribution >= 0.6 is 11.3 Å². The smallest absolute Gasteiger partial charge is 0.248 e. The minimum atomic E-state index is -0.639. The molecule has 0 saturated carbocycles. The number of nitrogens with one attached hydrogen (secondary N) is 3. The van der Waals surface area contributed by atoms with E-state index in [1.807, 2.05) is 30.7 Å². The number of hydrogen-bond donors (Lipinski definition) is 3. The lowest BCUT2D eigenvalue weighted by atomic mass is 10.0. The predicted octanol–water partition coefficient (Wildman–Crippen LogP) is 2.62. The van der Waals surface area contributed by atoms with Gasteiger partial charge >= 0.3 is 0 Å². The summed E-state index contributed by atoms with van der Waals surface area (Å²) in [4.78, 5) is 24.8. The molecule has 0 saturated heterocycles. The Hall–Kier alpha value is -3.01. The van der Waals surface area contributed by atoms with E-state index in [1.165, 1.54) is 0 Å². The maximum absolute atomic E-state index is 12.5. The van der Waals surface area contributed by atoms with Gasteiger partial charge in [-0.1, -0.05) is 13.8 Å². The first-order valence-corrected chi connectivity index (χ1v) is 9.90. The van der Waals surface area contributed by atoms with E-state index in [-0.39, 0.29) is 24.2 Å². The summed E-state index contributed by atoms with van der Waals surface area (Å²) in [6, 6.07) is 2.90. The number of aryl methyl sites for hydroxylation is 1. The van der Waals surface area contributed by atoms with Crippen molar-refractivity contribution in [3.05, 3.63) is 35.0 Å². The molecule has 3 N–H and O–H groups in total. The highest BCUT2D eigenvalue weighted by Crippen LogP contribution is 2.20. The fourth-order valence-corrected chi connectivity index (χ4v) is 3.22. The summed E-state index contributed by atoms with van der Waals surface area (Å²) < 4.78 is 5.58. The first-order valence-electron chi connectivity index (χ1n) is 8.96. The predicted molar refractivity (Wildman–Crippen MR) is 105 cm³/mol. The molecule has 0 aliphatic carbocycles. The Morgan fingerprint density at radius 2 is 2.14 bits per heavy atom. The van der Waals surface area contributed by atoms with Gasteiger partial charge in [0.15, 0.2) is 0 Å². The van der Waals surface area contributed by atoms with Crippen molar-refractivity contribution in [2.75, 3.05) is 5.32 Å². The number of carbonyl (C=O) groups is 2. The SMILES string of the molecule is CC(C)CC(NC(=O)CCc1nnc(-c2ccsc2)o1)C(=O)Nc1ccn[nH]1. The van der Waals surface area contributed by atoms with Gasteiger partial charge in [-0.3, -0.25) is 14.7 Å². The van der Waals surface area contributed by atoms with Crippen LogP contribution in [0.1, 0.15) is 32.6 Å². The van der Waals surface area contributed by atoms with E-state index in [0.29, 0.717) is 30.4 Å². The van der Waals surface area contributed by atoms with Crippen molar-refractivity contribution in [1.82, 2.24) is 25.7 Å². The van der Waals surface area contributed by atoms with Crippen LogP contribution in [0.2, 0.25) is 0 Å². The fourth-order valence-electron chi connectivity index (χ4n) is 2.59. The van der Waals surface area contributed by atoms with E-state index in [2.05, 4.69) is 31.0 Å². The molecule has 10 heteroatoms. The van der Waals surface area contributed by atoms with Crippen molar-refractivity contribution in [3.8, 4) is 11.5 Å². The number of rotatable bonds is 9. The van der Waals surface area contributed by atoms with Crippen molar-refractivity contribution in [2.24, 2.45) is 5.92 Å². The second-order valence-corrected chi connectivity index (χ2v) is 7.50. The van der Waals surface area contributed by atoms with E-state index >= 15 is 0 Å². The lowest BCUT2D eigenvalue weighted by Crippen LogP contribution is -2.44. The monoisotopic (exact) mass is 402 g/mol. The van der Waals surface area contributed by atoms with Crippen LogP contribution in [0, 0.1) is 5.92 Å². The number of nitrogens with zero attached hydrogens (tertiary/aromatic N) is 3. The van der Waals surface area contributed by atoms with Gasteiger partial charge in [-0.15, -0.1) is 10.2 Å². The summed E-state index contributed by atoms with van der Waals surface area (Å²) in [6.45, 7) is 3.99. The Labute approximate surface area is 165 Å². The largest absolute Gasteiger partial charge is 0.421 e. The normalized spacial score (nSPS) is 12.1.